The molecule has 2 aliphatic carbocycles. The van der Waals surface area contributed by atoms with E-state index in [0.29, 0.717) is 0 Å². The Labute approximate surface area is 114 Å². The van der Waals surface area contributed by atoms with Crippen LogP contribution in [0.15, 0.2) is 41.3 Å². The van der Waals surface area contributed by atoms with Crippen LogP contribution in [0.1, 0.15) is 19.8 Å². The van der Waals surface area contributed by atoms with Gasteiger partial charge in [-0.15, -0.1) is 11.8 Å². The number of fused-ring (bicyclic) bond motifs is 2. The molecule has 1 saturated carbocycles. The van der Waals surface area contributed by atoms with Crippen LogP contribution in [0.3, 0.4) is 0 Å². The van der Waals surface area contributed by atoms with Gasteiger partial charge in [-0.3, -0.25) is 0 Å². The Bertz CT molecular complexity index is 440. The van der Waals surface area contributed by atoms with E-state index in [1.54, 1.807) is 0 Å². The minimum atomic E-state index is 0.841. The Hall–Kier alpha value is -0.890. The topological polar surface area (TPSA) is 12.0 Å². The number of nitrogens with one attached hydrogen (secondary N) is 1. The zero-order valence-corrected chi connectivity index (χ0v) is 11.7. The molecule has 0 aromatic heterocycles. The lowest BCUT2D eigenvalue weighted by Gasteiger charge is -2.20. The van der Waals surface area contributed by atoms with Crippen molar-refractivity contribution in [1.29, 1.82) is 0 Å². The van der Waals surface area contributed by atoms with Gasteiger partial charge in [0.05, 0.1) is 0 Å². The molecule has 1 fully saturated rings. The van der Waals surface area contributed by atoms with E-state index in [1.807, 2.05) is 11.8 Å². The molecule has 1 aromatic carbocycles. The molecular weight excluding hydrogens is 238 g/mol. The summed E-state index contributed by atoms with van der Waals surface area (Å²) < 4.78 is 0. The van der Waals surface area contributed by atoms with Gasteiger partial charge in [-0.1, -0.05) is 31.2 Å². The number of para-hydroxylation sites is 1. The van der Waals surface area contributed by atoms with E-state index in [-0.39, 0.29) is 0 Å². The standard InChI is InChI=1S/C16H21NS/c1-2-18-16-6-4-3-5-15(16)17-11-14-10-12-7-8-13(14)9-12/h3-8,12-14,17H,2,9-11H2,1H3. The summed E-state index contributed by atoms with van der Waals surface area (Å²) in [5.74, 6) is 3.70. The maximum atomic E-state index is 3.67. The highest BCUT2D eigenvalue weighted by molar-refractivity contribution is 7.99. The third-order valence-corrected chi connectivity index (χ3v) is 5.11. The predicted octanol–water partition coefficient (Wildman–Crippen LogP) is 4.42. The minimum absolute atomic E-state index is 0.841. The molecule has 3 unspecified atom stereocenters. The third-order valence-electron chi connectivity index (χ3n) is 4.16. The van der Waals surface area contributed by atoms with Gasteiger partial charge >= 0.3 is 0 Å². The molecule has 1 nitrogen and oxygen atoms in total. The number of allylic oxidation sites excluding steroid dienone is 2. The lowest BCUT2D eigenvalue weighted by Crippen LogP contribution is -2.18. The largest absolute Gasteiger partial charge is 0.384 e. The number of rotatable bonds is 5. The fourth-order valence-corrected chi connectivity index (χ4v) is 4.05. The Morgan fingerprint density at radius 3 is 2.83 bits per heavy atom. The average Bonchev–Trinajstić information content (AvgIpc) is 3.00. The van der Waals surface area contributed by atoms with Gasteiger partial charge in [0.25, 0.3) is 0 Å². The van der Waals surface area contributed by atoms with Gasteiger partial charge in [0.2, 0.25) is 0 Å². The lowest BCUT2D eigenvalue weighted by molar-refractivity contribution is 0.471. The van der Waals surface area contributed by atoms with Crippen molar-refractivity contribution in [2.24, 2.45) is 17.8 Å². The molecule has 1 aromatic rings. The Morgan fingerprint density at radius 2 is 2.11 bits per heavy atom. The lowest BCUT2D eigenvalue weighted by atomic mass is 9.93. The van der Waals surface area contributed by atoms with Crippen LogP contribution >= 0.6 is 11.8 Å². The van der Waals surface area contributed by atoms with Crippen LogP contribution in [-0.4, -0.2) is 12.3 Å². The Morgan fingerprint density at radius 1 is 1.22 bits per heavy atom. The first-order valence-electron chi connectivity index (χ1n) is 7.01. The molecule has 0 heterocycles. The van der Waals surface area contributed by atoms with Crippen LogP contribution in [0, 0.1) is 17.8 Å². The summed E-state index contributed by atoms with van der Waals surface area (Å²) in [6.07, 6.45) is 7.64. The highest BCUT2D eigenvalue weighted by Crippen LogP contribution is 2.43. The van der Waals surface area contributed by atoms with Crippen molar-refractivity contribution < 1.29 is 0 Å². The summed E-state index contributed by atoms with van der Waals surface area (Å²) in [4.78, 5) is 1.39. The van der Waals surface area contributed by atoms with Gasteiger partial charge in [-0.25, -0.2) is 0 Å². The molecule has 0 amide bonds. The molecule has 0 spiro atoms. The van der Waals surface area contributed by atoms with Gasteiger partial charge in [-0.2, -0.15) is 0 Å². The van der Waals surface area contributed by atoms with Crippen LogP contribution in [0.4, 0.5) is 5.69 Å². The van der Waals surface area contributed by atoms with Crippen molar-refractivity contribution in [2.45, 2.75) is 24.7 Å². The molecular formula is C16H21NS. The van der Waals surface area contributed by atoms with Crippen molar-refractivity contribution >= 4 is 17.4 Å². The van der Waals surface area contributed by atoms with Gasteiger partial charge in [0.1, 0.15) is 0 Å². The molecule has 3 atom stereocenters. The van der Waals surface area contributed by atoms with Gasteiger partial charge < -0.3 is 5.32 Å². The highest BCUT2D eigenvalue weighted by Gasteiger charge is 2.35. The Kier molecular flexibility index (Phi) is 3.64. The third kappa shape index (κ3) is 2.44. The summed E-state index contributed by atoms with van der Waals surface area (Å²) in [6, 6.07) is 8.68. The summed E-state index contributed by atoms with van der Waals surface area (Å²) in [5.41, 5.74) is 1.32. The predicted molar refractivity (Wildman–Crippen MR) is 80.2 cm³/mol. The van der Waals surface area contributed by atoms with E-state index in [2.05, 4.69) is 48.7 Å². The number of benzene rings is 1. The number of thioether (sulfide) groups is 1. The van der Waals surface area contributed by atoms with E-state index in [1.165, 1.54) is 23.4 Å². The zero-order valence-electron chi connectivity index (χ0n) is 10.9. The zero-order chi connectivity index (χ0) is 12.4. The van der Waals surface area contributed by atoms with Gasteiger partial charge in [0, 0.05) is 17.1 Å². The summed E-state index contributed by atoms with van der Waals surface area (Å²) in [5, 5.41) is 3.67. The van der Waals surface area contributed by atoms with Crippen LogP contribution in [0.2, 0.25) is 0 Å². The Balaban J connectivity index is 1.61. The number of hydrogen-bond acceptors (Lipinski definition) is 2. The van der Waals surface area contributed by atoms with Crippen molar-refractivity contribution in [2.75, 3.05) is 17.6 Å². The molecule has 1 N–H and O–H groups in total. The average molecular weight is 259 g/mol. The monoisotopic (exact) mass is 259 g/mol. The van der Waals surface area contributed by atoms with Crippen molar-refractivity contribution in [3.05, 3.63) is 36.4 Å². The summed E-state index contributed by atoms with van der Waals surface area (Å²) in [7, 11) is 0. The second-order valence-electron chi connectivity index (χ2n) is 5.35. The molecule has 0 aliphatic heterocycles. The van der Waals surface area contributed by atoms with Crippen LogP contribution in [0.5, 0.6) is 0 Å². The fraction of sp³-hybridized carbons (Fsp3) is 0.500. The molecule has 2 bridgehead atoms. The summed E-state index contributed by atoms with van der Waals surface area (Å²) in [6.45, 7) is 3.34. The smallest absolute Gasteiger partial charge is 0.0478 e. The first kappa shape index (κ1) is 12.2. The molecule has 96 valence electrons. The molecule has 0 saturated heterocycles. The quantitative estimate of drug-likeness (QED) is 0.620. The van der Waals surface area contributed by atoms with Crippen molar-refractivity contribution in [1.82, 2.24) is 0 Å². The fourth-order valence-electron chi connectivity index (χ4n) is 3.26. The normalized spacial score (nSPS) is 28.8. The molecule has 3 rings (SSSR count). The van der Waals surface area contributed by atoms with Crippen LogP contribution in [-0.2, 0) is 0 Å². The maximum absolute atomic E-state index is 3.67. The van der Waals surface area contributed by atoms with E-state index in [4.69, 9.17) is 0 Å². The molecule has 0 radical (unpaired) electrons. The SMILES string of the molecule is CCSc1ccccc1NCC1CC2C=CC1C2. The first-order valence-corrected chi connectivity index (χ1v) is 7.99. The highest BCUT2D eigenvalue weighted by atomic mass is 32.2. The molecule has 2 heteroatoms. The number of anilines is 1. The van der Waals surface area contributed by atoms with Crippen LogP contribution < -0.4 is 5.32 Å². The second kappa shape index (κ2) is 5.40. The van der Waals surface area contributed by atoms with Crippen molar-refractivity contribution in [3.8, 4) is 0 Å². The second-order valence-corrected chi connectivity index (χ2v) is 6.66. The van der Waals surface area contributed by atoms with Crippen LogP contribution in [0.25, 0.3) is 0 Å². The van der Waals surface area contributed by atoms with E-state index < -0.39 is 0 Å². The summed E-state index contributed by atoms with van der Waals surface area (Å²) >= 11 is 1.92. The minimum Gasteiger partial charge on any atom is -0.384 e. The first-order chi connectivity index (χ1) is 8.86. The molecule has 2 aliphatic rings. The van der Waals surface area contributed by atoms with E-state index in [9.17, 15) is 0 Å². The van der Waals surface area contributed by atoms with Gasteiger partial charge in [0.15, 0.2) is 0 Å². The number of hydrogen-bond donors (Lipinski definition) is 1. The van der Waals surface area contributed by atoms with Crippen molar-refractivity contribution in [3.63, 3.8) is 0 Å². The van der Waals surface area contributed by atoms with E-state index in [0.717, 1.165) is 30.1 Å². The maximum Gasteiger partial charge on any atom is 0.0478 e. The molecule has 18 heavy (non-hydrogen) atoms. The van der Waals surface area contributed by atoms with Gasteiger partial charge in [-0.05, 0) is 48.5 Å². The van der Waals surface area contributed by atoms with E-state index >= 15 is 0 Å².